The highest BCUT2D eigenvalue weighted by Crippen LogP contribution is 2.35. The van der Waals surface area contributed by atoms with Crippen molar-refractivity contribution in [2.24, 2.45) is 0 Å². The maximum Gasteiger partial charge on any atom is 0.106 e. The molecular formula is C10H13BrO. The van der Waals surface area contributed by atoms with Crippen molar-refractivity contribution in [2.45, 2.75) is 36.4 Å². The monoisotopic (exact) mass is 228 g/mol. The van der Waals surface area contributed by atoms with Crippen LogP contribution in [0.25, 0.3) is 0 Å². The van der Waals surface area contributed by atoms with Crippen LogP contribution in [-0.2, 0) is 0 Å². The Labute approximate surface area is 81.3 Å². The predicted molar refractivity (Wildman–Crippen MR) is 52.6 cm³/mol. The van der Waals surface area contributed by atoms with Crippen LogP contribution in [0.4, 0.5) is 0 Å². The van der Waals surface area contributed by atoms with Crippen molar-refractivity contribution in [1.29, 1.82) is 0 Å². The molecule has 0 radical (unpaired) electrons. The molecule has 1 nitrogen and oxygen atoms in total. The van der Waals surface area contributed by atoms with E-state index in [-0.39, 0.29) is 0 Å². The minimum Gasteiger partial charge on any atom is -0.469 e. The zero-order valence-corrected chi connectivity index (χ0v) is 8.59. The summed E-state index contributed by atoms with van der Waals surface area (Å²) in [6, 6.07) is 4.07. The Kier molecular flexibility index (Phi) is 2.54. The predicted octanol–water partition coefficient (Wildman–Crippen LogP) is 3.70. The van der Waals surface area contributed by atoms with Gasteiger partial charge in [-0.15, -0.1) is 0 Å². The smallest absolute Gasteiger partial charge is 0.106 e. The highest BCUT2D eigenvalue weighted by atomic mass is 79.9. The minimum atomic E-state index is 0.651. The standard InChI is InChI=1S/C10H13BrO/c11-9-4-1-3-8(7-9)10-5-2-6-12-10/h2,5-6,8-9H,1,3-4,7H2. The third-order valence-electron chi connectivity index (χ3n) is 2.56. The minimum absolute atomic E-state index is 0.651. The Hall–Kier alpha value is -0.240. The summed E-state index contributed by atoms with van der Waals surface area (Å²) in [5, 5.41) is 0. The molecule has 0 spiro atoms. The van der Waals surface area contributed by atoms with Crippen LogP contribution in [-0.4, -0.2) is 4.83 Å². The third-order valence-corrected chi connectivity index (χ3v) is 3.39. The Balaban J connectivity index is 2.04. The van der Waals surface area contributed by atoms with E-state index in [1.807, 2.05) is 6.07 Å². The quantitative estimate of drug-likeness (QED) is 0.669. The van der Waals surface area contributed by atoms with Gasteiger partial charge in [0, 0.05) is 10.7 Å². The molecule has 1 aliphatic rings. The fourth-order valence-electron chi connectivity index (χ4n) is 1.91. The van der Waals surface area contributed by atoms with Crippen molar-refractivity contribution in [2.75, 3.05) is 0 Å². The van der Waals surface area contributed by atoms with Gasteiger partial charge in [0.15, 0.2) is 0 Å². The molecule has 1 fully saturated rings. The molecule has 0 aromatic carbocycles. The van der Waals surface area contributed by atoms with E-state index in [0.717, 1.165) is 0 Å². The zero-order valence-electron chi connectivity index (χ0n) is 7.00. The summed E-state index contributed by atoms with van der Waals surface area (Å²) in [7, 11) is 0. The molecule has 0 N–H and O–H groups in total. The van der Waals surface area contributed by atoms with Crippen LogP contribution in [0.1, 0.15) is 37.4 Å². The van der Waals surface area contributed by atoms with Crippen molar-refractivity contribution in [3.05, 3.63) is 24.2 Å². The summed E-state index contributed by atoms with van der Waals surface area (Å²) >= 11 is 3.67. The lowest BCUT2D eigenvalue weighted by Gasteiger charge is -2.23. The van der Waals surface area contributed by atoms with Gasteiger partial charge >= 0.3 is 0 Å². The maximum atomic E-state index is 5.40. The Bertz CT molecular complexity index is 230. The van der Waals surface area contributed by atoms with E-state index in [9.17, 15) is 0 Å². The van der Waals surface area contributed by atoms with Gasteiger partial charge in [-0.2, -0.15) is 0 Å². The van der Waals surface area contributed by atoms with Gasteiger partial charge in [0.1, 0.15) is 5.76 Å². The summed E-state index contributed by atoms with van der Waals surface area (Å²) in [5.74, 6) is 1.82. The molecule has 1 aromatic heterocycles. The first-order valence-corrected chi connectivity index (χ1v) is 5.45. The third kappa shape index (κ3) is 1.74. The number of alkyl halides is 1. The second-order valence-electron chi connectivity index (χ2n) is 3.48. The fraction of sp³-hybridized carbons (Fsp3) is 0.600. The van der Waals surface area contributed by atoms with E-state index in [1.54, 1.807) is 6.26 Å². The van der Waals surface area contributed by atoms with Gasteiger partial charge in [-0.05, 0) is 31.4 Å². The van der Waals surface area contributed by atoms with E-state index in [2.05, 4.69) is 22.0 Å². The normalized spacial score (nSPS) is 30.4. The van der Waals surface area contributed by atoms with Crippen LogP contribution in [0.3, 0.4) is 0 Å². The van der Waals surface area contributed by atoms with Gasteiger partial charge in [-0.1, -0.05) is 22.4 Å². The van der Waals surface area contributed by atoms with E-state index >= 15 is 0 Å². The Morgan fingerprint density at radius 3 is 3.00 bits per heavy atom. The van der Waals surface area contributed by atoms with Gasteiger partial charge < -0.3 is 4.42 Å². The van der Waals surface area contributed by atoms with Crippen LogP contribution in [0.2, 0.25) is 0 Å². The average Bonchev–Trinajstić information content (AvgIpc) is 2.56. The summed E-state index contributed by atoms with van der Waals surface area (Å²) in [4.78, 5) is 0.696. The molecule has 12 heavy (non-hydrogen) atoms. The Morgan fingerprint density at radius 2 is 2.33 bits per heavy atom. The van der Waals surface area contributed by atoms with Crippen LogP contribution in [0.15, 0.2) is 22.8 Å². The number of rotatable bonds is 1. The molecule has 2 rings (SSSR count). The lowest BCUT2D eigenvalue weighted by molar-refractivity contribution is 0.383. The van der Waals surface area contributed by atoms with Gasteiger partial charge in [0.05, 0.1) is 6.26 Å². The first kappa shape index (κ1) is 8.36. The molecule has 1 aromatic rings. The van der Waals surface area contributed by atoms with E-state index in [0.29, 0.717) is 10.7 Å². The second kappa shape index (κ2) is 3.65. The molecule has 0 saturated heterocycles. The van der Waals surface area contributed by atoms with Gasteiger partial charge in [0.25, 0.3) is 0 Å². The molecule has 1 aliphatic carbocycles. The van der Waals surface area contributed by atoms with Gasteiger partial charge in [-0.25, -0.2) is 0 Å². The first-order valence-electron chi connectivity index (χ1n) is 4.54. The second-order valence-corrected chi connectivity index (χ2v) is 4.77. The summed E-state index contributed by atoms with van der Waals surface area (Å²) in [6.45, 7) is 0. The molecule has 0 aliphatic heterocycles. The van der Waals surface area contributed by atoms with Crippen molar-refractivity contribution >= 4 is 15.9 Å². The van der Waals surface area contributed by atoms with Crippen molar-refractivity contribution in [1.82, 2.24) is 0 Å². The Morgan fingerprint density at radius 1 is 1.42 bits per heavy atom. The summed E-state index contributed by atoms with van der Waals surface area (Å²) in [6.07, 6.45) is 6.93. The molecule has 1 heterocycles. The average molecular weight is 229 g/mol. The van der Waals surface area contributed by atoms with Crippen LogP contribution < -0.4 is 0 Å². The molecule has 2 unspecified atom stereocenters. The SMILES string of the molecule is BrC1CCCC(c2ccco2)C1. The first-order chi connectivity index (χ1) is 5.86. The lowest BCUT2D eigenvalue weighted by Crippen LogP contribution is -2.12. The molecular weight excluding hydrogens is 216 g/mol. The highest BCUT2D eigenvalue weighted by Gasteiger charge is 2.22. The van der Waals surface area contributed by atoms with Crippen LogP contribution in [0, 0.1) is 0 Å². The van der Waals surface area contributed by atoms with Gasteiger partial charge in [0.2, 0.25) is 0 Å². The van der Waals surface area contributed by atoms with E-state index < -0.39 is 0 Å². The number of hydrogen-bond donors (Lipinski definition) is 0. The molecule has 66 valence electrons. The zero-order chi connectivity index (χ0) is 8.39. The molecule has 0 bridgehead atoms. The van der Waals surface area contributed by atoms with Crippen molar-refractivity contribution in [3.63, 3.8) is 0 Å². The maximum absolute atomic E-state index is 5.40. The van der Waals surface area contributed by atoms with Crippen molar-refractivity contribution in [3.8, 4) is 0 Å². The van der Waals surface area contributed by atoms with Crippen molar-refractivity contribution < 1.29 is 4.42 Å². The van der Waals surface area contributed by atoms with Crippen LogP contribution in [0.5, 0.6) is 0 Å². The number of hydrogen-bond acceptors (Lipinski definition) is 1. The lowest BCUT2D eigenvalue weighted by atomic mass is 9.87. The topological polar surface area (TPSA) is 13.1 Å². The number of halogens is 1. The molecule has 2 atom stereocenters. The van der Waals surface area contributed by atoms with E-state index in [1.165, 1.54) is 31.4 Å². The largest absolute Gasteiger partial charge is 0.469 e. The fourth-order valence-corrected chi connectivity index (χ4v) is 2.69. The molecule has 2 heteroatoms. The van der Waals surface area contributed by atoms with Crippen LogP contribution >= 0.6 is 15.9 Å². The van der Waals surface area contributed by atoms with Gasteiger partial charge in [-0.3, -0.25) is 0 Å². The summed E-state index contributed by atoms with van der Waals surface area (Å²) in [5.41, 5.74) is 0. The molecule has 0 amide bonds. The summed E-state index contributed by atoms with van der Waals surface area (Å²) < 4.78 is 5.40. The molecule has 1 saturated carbocycles. The van der Waals surface area contributed by atoms with E-state index in [4.69, 9.17) is 4.42 Å². The number of furan rings is 1. The highest BCUT2D eigenvalue weighted by molar-refractivity contribution is 9.09.